The summed E-state index contributed by atoms with van der Waals surface area (Å²) in [5.74, 6) is -1.63. The van der Waals surface area contributed by atoms with Crippen molar-refractivity contribution in [3.8, 4) is 0 Å². The molecule has 22 heavy (non-hydrogen) atoms. The van der Waals surface area contributed by atoms with Gasteiger partial charge in [0.15, 0.2) is 0 Å². The molecule has 0 bridgehead atoms. The van der Waals surface area contributed by atoms with Gasteiger partial charge in [-0.3, -0.25) is 14.4 Å². The zero-order valence-electron chi connectivity index (χ0n) is 12.0. The van der Waals surface area contributed by atoms with Crippen LogP contribution in [0.4, 0.5) is 0 Å². The van der Waals surface area contributed by atoms with E-state index in [4.69, 9.17) is 5.11 Å². The number of nitrogens with one attached hydrogen (secondary N) is 1. The van der Waals surface area contributed by atoms with Gasteiger partial charge in [-0.05, 0) is 47.9 Å². The number of thiophene rings is 1. The second-order valence-corrected chi connectivity index (χ2v) is 5.74. The summed E-state index contributed by atoms with van der Waals surface area (Å²) in [6, 6.07) is 4.74. The van der Waals surface area contributed by atoms with Gasteiger partial charge in [-0.1, -0.05) is 0 Å². The highest BCUT2D eigenvalue weighted by Crippen LogP contribution is 2.08. The maximum atomic E-state index is 12.2. The van der Waals surface area contributed by atoms with Crippen molar-refractivity contribution < 1.29 is 14.7 Å². The van der Waals surface area contributed by atoms with E-state index in [1.807, 2.05) is 23.8 Å². The largest absolute Gasteiger partial charge is 0.480 e. The van der Waals surface area contributed by atoms with E-state index in [0.29, 0.717) is 6.42 Å². The van der Waals surface area contributed by atoms with Gasteiger partial charge >= 0.3 is 5.97 Å². The van der Waals surface area contributed by atoms with Crippen molar-refractivity contribution in [1.29, 1.82) is 0 Å². The number of aromatic nitrogens is 1. The molecule has 0 aliphatic heterocycles. The molecule has 0 radical (unpaired) electrons. The molecule has 6 nitrogen and oxygen atoms in total. The van der Waals surface area contributed by atoms with Crippen LogP contribution in [0.25, 0.3) is 0 Å². The molecule has 7 heteroatoms. The molecule has 1 atom stereocenters. The molecule has 1 unspecified atom stereocenters. The Morgan fingerprint density at radius 1 is 1.41 bits per heavy atom. The minimum atomic E-state index is -1.13. The summed E-state index contributed by atoms with van der Waals surface area (Å²) in [4.78, 5) is 35.0. The first kappa shape index (κ1) is 16.0. The first-order chi connectivity index (χ1) is 10.5. The Labute approximate surface area is 131 Å². The van der Waals surface area contributed by atoms with Gasteiger partial charge in [-0.25, -0.2) is 0 Å². The van der Waals surface area contributed by atoms with Gasteiger partial charge in [-0.15, -0.1) is 0 Å². The van der Waals surface area contributed by atoms with Crippen LogP contribution in [-0.2, 0) is 17.8 Å². The highest BCUT2D eigenvalue weighted by atomic mass is 32.1. The predicted octanol–water partition coefficient (Wildman–Crippen LogP) is 1.36. The monoisotopic (exact) mass is 320 g/mol. The average Bonchev–Trinajstić information content (AvgIpc) is 2.93. The zero-order chi connectivity index (χ0) is 16.1. The molecule has 0 aromatic carbocycles. The zero-order valence-corrected chi connectivity index (χ0v) is 12.8. The number of hydrogen-bond donors (Lipinski definition) is 2. The van der Waals surface area contributed by atoms with Gasteiger partial charge in [0.25, 0.3) is 11.5 Å². The van der Waals surface area contributed by atoms with Crippen molar-refractivity contribution in [2.45, 2.75) is 25.9 Å². The van der Waals surface area contributed by atoms with Crippen LogP contribution in [-0.4, -0.2) is 27.6 Å². The lowest BCUT2D eigenvalue weighted by Gasteiger charge is -2.13. The van der Waals surface area contributed by atoms with E-state index < -0.39 is 24.0 Å². The number of rotatable bonds is 6. The fourth-order valence-electron chi connectivity index (χ4n) is 2.09. The van der Waals surface area contributed by atoms with Crippen LogP contribution < -0.4 is 10.9 Å². The summed E-state index contributed by atoms with van der Waals surface area (Å²) in [7, 11) is 0. The fourth-order valence-corrected chi connectivity index (χ4v) is 2.78. The summed E-state index contributed by atoms with van der Waals surface area (Å²) < 4.78 is 1.00. The Morgan fingerprint density at radius 3 is 2.82 bits per heavy atom. The van der Waals surface area contributed by atoms with E-state index in [-0.39, 0.29) is 11.6 Å². The number of carboxylic acid groups (broad SMARTS) is 1. The van der Waals surface area contributed by atoms with Crippen molar-refractivity contribution in [3.05, 3.63) is 56.6 Å². The Hall–Kier alpha value is -2.41. The van der Waals surface area contributed by atoms with Gasteiger partial charge in [-0.2, -0.15) is 11.3 Å². The molecule has 116 valence electrons. The lowest BCUT2D eigenvalue weighted by atomic mass is 10.1. The van der Waals surface area contributed by atoms with Gasteiger partial charge in [0.1, 0.15) is 12.1 Å². The molecule has 0 saturated carbocycles. The summed E-state index contributed by atoms with van der Waals surface area (Å²) in [6.07, 6.45) is 2.02. The summed E-state index contributed by atoms with van der Waals surface area (Å²) in [5.41, 5.74) is 0.459. The standard InChI is InChI=1S/C15H16N2O4S/c1-10(7-11-4-6-22-9-11)16-14(20)12-3-2-5-17(15(12)21)8-13(18)19/h2-6,9-10H,7-8H2,1H3,(H,16,20)(H,18,19). The molecule has 0 saturated heterocycles. The van der Waals surface area contributed by atoms with E-state index in [0.717, 1.165) is 10.1 Å². The second kappa shape index (κ2) is 7.04. The van der Waals surface area contributed by atoms with Crippen LogP contribution in [0.2, 0.25) is 0 Å². The molecule has 0 aliphatic rings. The Bertz CT molecular complexity index is 721. The van der Waals surface area contributed by atoms with Crippen LogP contribution in [0.15, 0.2) is 40.0 Å². The Balaban J connectivity index is 2.09. The van der Waals surface area contributed by atoms with Crippen molar-refractivity contribution in [2.75, 3.05) is 0 Å². The number of hydrogen-bond acceptors (Lipinski definition) is 4. The first-order valence-corrected chi connectivity index (χ1v) is 7.65. The highest BCUT2D eigenvalue weighted by Gasteiger charge is 2.15. The molecule has 2 aromatic heterocycles. The first-order valence-electron chi connectivity index (χ1n) is 6.70. The summed E-state index contributed by atoms with van der Waals surface area (Å²) >= 11 is 1.59. The maximum absolute atomic E-state index is 12.2. The topological polar surface area (TPSA) is 88.4 Å². The van der Waals surface area contributed by atoms with Crippen LogP contribution in [0.5, 0.6) is 0 Å². The second-order valence-electron chi connectivity index (χ2n) is 4.96. The van der Waals surface area contributed by atoms with E-state index in [1.165, 1.54) is 18.3 Å². The predicted molar refractivity (Wildman–Crippen MR) is 83.3 cm³/mol. The van der Waals surface area contributed by atoms with E-state index in [1.54, 1.807) is 11.3 Å². The van der Waals surface area contributed by atoms with Gasteiger partial charge in [0.05, 0.1) is 0 Å². The van der Waals surface area contributed by atoms with Crippen LogP contribution in [0, 0.1) is 0 Å². The average molecular weight is 320 g/mol. The molecule has 2 N–H and O–H groups in total. The third kappa shape index (κ3) is 4.05. The molecule has 0 fully saturated rings. The third-order valence-corrected chi connectivity index (χ3v) is 3.80. The lowest BCUT2D eigenvalue weighted by molar-refractivity contribution is -0.137. The molecule has 2 heterocycles. The van der Waals surface area contributed by atoms with E-state index >= 15 is 0 Å². The van der Waals surface area contributed by atoms with Gasteiger partial charge in [0, 0.05) is 12.2 Å². The van der Waals surface area contributed by atoms with Crippen molar-refractivity contribution in [1.82, 2.24) is 9.88 Å². The van der Waals surface area contributed by atoms with Crippen LogP contribution >= 0.6 is 11.3 Å². The summed E-state index contributed by atoms with van der Waals surface area (Å²) in [6.45, 7) is 1.39. The van der Waals surface area contributed by atoms with Crippen LogP contribution in [0.3, 0.4) is 0 Å². The van der Waals surface area contributed by atoms with E-state index in [9.17, 15) is 14.4 Å². The third-order valence-electron chi connectivity index (χ3n) is 3.07. The molecular formula is C15H16N2O4S. The summed E-state index contributed by atoms with van der Waals surface area (Å²) in [5, 5.41) is 15.5. The number of amides is 1. The molecule has 2 rings (SSSR count). The number of nitrogens with zero attached hydrogens (tertiary/aromatic N) is 1. The maximum Gasteiger partial charge on any atom is 0.323 e. The van der Waals surface area contributed by atoms with Crippen molar-refractivity contribution in [3.63, 3.8) is 0 Å². The van der Waals surface area contributed by atoms with E-state index in [2.05, 4.69) is 5.32 Å². The lowest BCUT2D eigenvalue weighted by Crippen LogP contribution is -2.38. The highest BCUT2D eigenvalue weighted by molar-refractivity contribution is 7.07. The number of carbonyl (C=O) groups is 2. The molecule has 0 aliphatic carbocycles. The number of carboxylic acids is 1. The normalized spacial score (nSPS) is 11.9. The molecular weight excluding hydrogens is 304 g/mol. The minimum absolute atomic E-state index is 0.0547. The smallest absolute Gasteiger partial charge is 0.323 e. The Morgan fingerprint density at radius 2 is 2.18 bits per heavy atom. The van der Waals surface area contributed by atoms with Gasteiger partial charge < -0.3 is 15.0 Å². The molecule has 2 aromatic rings. The quantitative estimate of drug-likeness (QED) is 0.841. The van der Waals surface area contributed by atoms with Crippen molar-refractivity contribution in [2.24, 2.45) is 0 Å². The van der Waals surface area contributed by atoms with Crippen molar-refractivity contribution >= 4 is 23.2 Å². The molecule has 0 spiro atoms. The fraction of sp³-hybridized carbons (Fsp3) is 0.267. The SMILES string of the molecule is CC(Cc1ccsc1)NC(=O)c1cccn(CC(=O)O)c1=O. The number of aliphatic carboxylic acids is 1. The van der Waals surface area contributed by atoms with Gasteiger partial charge in [0.2, 0.25) is 0 Å². The Kier molecular flexibility index (Phi) is 5.11. The molecule has 1 amide bonds. The number of pyridine rings is 1. The van der Waals surface area contributed by atoms with Crippen LogP contribution in [0.1, 0.15) is 22.8 Å². The number of carbonyl (C=O) groups excluding carboxylic acids is 1. The minimum Gasteiger partial charge on any atom is -0.480 e.